The minimum atomic E-state index is -0.333. The van der Waals surface area contributed by atoms with Gasteiger partial charge in [-0.1, -0.05) is 42.5 Å². The SMILES string of the molecule is CCOc1nn(-c2ccccc2)c(NC(=O)N[C@H]2c3ccccc3C[C@@H]2OCCOC)c1C. The molecule has 8 nitrogen and oxygen atoms in total. The largest absolute Gasteiger partial charge is 0.477 e. The molecular weight excluding hydrogens is 420 g/mol. The maximum absolute atomic E-state index is 13.2. The first kappa shape index (κ1) is 22.8. The molecule has 0 aliphatic heterocycles. The standard InChI is InChI=1S/C25H30N4O4/c1-4-32-24-17(2)23(29(28-24)19-11-6-5-7-12-19)27-25(30)26-22-20-13-9-8-10-18(20)16-21(22)33-15-14-31-3/h5-13,21-22H,4,14-16H2,1-3H3,(H2,26,27,30)/t21-,22-/m0/s1. The summed E-state index contributed by atoms with van der Waals surface area (Å²) in [4.78, 5) is 13.2. The summed E-state index contributed by atoms with van der Waals surface area (Å²) in [5.41, 5.74) is 3.83. The van der Waals surface area contributed by atoms with Crippen molar-refractivity contribution >= 4 is 11.8 Å². The summed E-state index contributed by atoms with van der Waals surface area (Å²) in [5.74, 6) is 1.05. The number of nitrogens with zero attached hydrogens (tertiary/aromatic N) is 2. The van der Waals surface area contributed by atoms with Crippen LogP contribution in [0, 0.1) is 6.92 Å². The lowest BCUT2D eigenvalue weighted by molar-refractivity contribution is 0.00643. The summed E-state index contributed by atoms with van der Waals surface area (Å²) in [6, 6.07) is 17.1. The second-order valence-electron chi connectivity index (χ2n) is 7.84. The van der Waals surface area contributed by atoms with Crippen LogP contribution in [-0.4, -0.2) is 48.8 Å². The Morgan fingerprint density at radius 2 is 1.88 bits per heavy atom. The average Bonchev–Trinajstić information content (AvgIpc) is 3.33. The molecular formula is C25H30N4O4. The minimum absolute atomic E-state index is 0.164. The molecule has 0 unspecified atom stereocenters. The van der Waals surface area contributed by atoms with Gasteiger partial charge in [-0.15, -0.1) is 5.10 Å². The van der Waals surface area contributed by atoms with E-state index in [0.717, 1.165) is 23.2 Å². The second-order valence-corrected chi connectivity index (χ2v) is 7.84. The Bertz CT molecular complexity index is 1080. The third kappa shape index (κ3) is 5.02. The van der Waals surface area contributed by atoms with Gasteiger partial charge >= 0.3 is 6.03 Å². The lowest BCUT2D eigenvalue weighted by Crippen LogP contribution is -2.38. The van der Waals surface area contributed by atoms with Crippen LogP contribution in [0.25, 0.3) is 5.69 Å². The van der Waals surface area contributed by atoms with E-state index in [1.807, 2.05) is 62.4 Å². The van der Waals surface area contributed by atoms with Gasteiger partial charge in [0.15, 0.2) is 0 Å². The highest BCUT2D eigenvalue weighted by Gasteiger charge is 2.34. The van der Waals surface area contributed by atoms with Gasteiger partial charge in [-0.3, -0.25) is 5.32 Å². The number of ether oxygens (including phenoxy) is 3. The van der Waals surface area contributed by atoms with Crippen molar-refractivity contribution in [3.63, 3.8) is 0 Å². The molecule has 1 aromatic heterocycles. The van der Waals surface area contributed by atoms with Crippen LogP contribution in [0.4, 0.5) is 10.6 Å². The third-order valence-corrected chi connectivity index (χ3v) is 5.68. The predicted molar refractivity (Wildman–Crippen MR) is 126 cm³/mol. The number of carbonyl (C=O) groups excluding carboxylic acids is 1. The summed E-state index contributed by atoms with van der Waals surface area (Å²) in [6.45, 7) is 5.24. The summed E-state index contributed by atoms with van der Waals surface area (Å²) in [6.07, 6.45) is 0.572. The molecule has 1 heterocycles. The van der Waals surface area contributed by atoms with Gasteiger partial charge in [-0.2, -0.15) is 0 Å². The maximum atomic E-state index is 13.2. The fourth-order valence-corrected chi connectivity index (χ4v) is 4.10. The molecule has 33 heavy (non-hydrogen) atoms. The average molecular weight is 451 g/mol. The zero-order valence-electron chi connectivity index (χ0n) is 19.2. The first-order chi connectivity index (χ1) is 16.1. The normalized spacial score (nSPS) is 16.9. The third-order valence-electron chi connectivity index (χ3n) is 5.68. The van der Waals surface area contributed by atoms with E-state index >= 15 is 0 Å². The maximum Gasteiger partial charge on any atom is 0.320 e. The molecule has 1 aliphatic carbocycles. The lowest BCUT2D eigenvalue weighted by atomic mass is 10.1. The molecule has 0 saturated carbocycles. The Morgan fingerprint density at radius 1 is 1.12 bits per heavy atom. The van der Waals surface area contributed by atoms with Crippen molar-refractivity contribution in [1.29, 1.82) is 0 Å². The topological polar surface area (TPSA) is 86.6 Å². The first-order valence-corrected chi connectivity index (χ1v) is 11.2. The Hall–Kier alpha value is -3.36. The molecule has 0 radical (unpaired) electrons. The molecule has 2 atom stereocenters. The lowest BCUT2D eigenvalue weighted by Gasteiger charge is -2.23. The van der Waals surface area contributed by atoms with Crippen molar-refractivity contribution in [2.75, 3.05) is 32.2 Å². The number of nitrogens with one attached hydrogen (secondary N) is 2. The van der Waals surface area contributed by atoms with Gasteiger partial charge < -0.3 is 19.5 Å². The molecule has 2 aromatic carbocycles. The Balaban J connectivity index is 1.56. The van der Waals surface area contributed by atoms with Gasteiger partial charge in [-0.05, 0) is 37.1 Å². The van der Waals surface area contributed by atoms with Crippen LogP contribution in [0.2, 0.25) is 0 Å². The summed E-state index contributed by atoms with van der Waals surface area (Å²) in [5, 5.41) is 10.7. The number of benzene rings is 2. The number of para-hydroxylation sites is 1. The van der Waals surface area contributed by atoms with Crippen LogP contribution < -0.4 is 15.4 Å². The second kappa shape index (κ2) is 10.5. The number of carbonyl (C=O) groups is 1. The highest BCUT2D eigenvalue weighted by molar-refractivity contribution is 5.90. The number of fused-ring (bicyclic) bond motifs is 1. The first-order valence-electron chi connectivity index (χ1n) is 11.2. The summed E-state index contributed by atoms with van der Waals surface area (Å²) >= 11 is 0. The predicted octanol–water partition coefficient (Wildman–Crippen LogP) is 4.03. The molecule has 2 N–H and O–H groups in total. The van der Waals surface area contributed by atoms with E-state index < -0.39 is 0 Å². The molecule has 0 fully saturated rings. The van der Waals surface area contributed by atoms with Crippen molar-refractivity contribution in [2.45, 2.75) is 32.4 Å². The van der Waals surface area contributed by atoms with Crippen molar-refractivity contribution in [3.05, 3.63) is 71.3 Å². The number of rotatable bonds is 9. The minimum Gasteiger partial charge on any atom is -0.477 e. The van der Waals surface area contributed by atoms with Crippen LogP contribution in [0.5, 0.6) is 5.88 Å². The summed E-state index contributed by atoms with van der Waals surface area (Å²) < 4.78 is 18.5. The van der Waals surface area contributed by atoms with E-state index in [1.165, 1.54) is 5.56 Å². The van der Waals surface area contributed by atoms with Crippen LogP contribution >= 0.6 is 0 Å². The van der Waals surface area contributed by atoms with Crippen LogP contribution in [0.3, 0.4) is 0 Å². The number of amides is 2. The van der Waals surface area contributed by atoms with Crippen molar-refractivity contribution in [1.82, 2.24) is 15.1 Å². The van der Waals surface area contributed by atoms with Gasteiger partial charge in [0, 0.05) is 13.5 Å². The van der Waals surface area contributed by atoms with E-state index in [9.17, 15) is 4.79 Å². The Kier molecular flexibility index (Phi) is 7.26. The van der Waals surface area contributed by atoms with Crippen LogP contribution in [-0.2, 0) is 15.9 Å². The fourth-order valence-electron chi connectivity index (χ4n) is 4.10. The molecule has 174 valence electrons. The number of urea groups is 1. The van der Waals surface area contributed by atoms with E-state index in [1.54, 1.807) is 11.8 Å². The van der Waals surface area contributed by atoms with E-state index in [4.69, 9.17) is 14.2 Å². The van der Waals surface area contributed by atoms with Crippen molar-refractivity contribution in [2.24, 2.45) is 0 Å². The Morgan fingerprint density at radius 3 is 2.64 bits per heavy atom. The number of aromatic nitrogens is 2. The molecule has 0 bridgehead atoms. The number of hydrogen-bond donors (Lipinski definition) is 2. The van der Waals surface area contributed by atoms with E-state index in [-0.39, 0.29) is 18.2 Å². The quantitative estimate of drug-likeness (QED) is 0.481. The molecule has 2 amide bonds. The Labute approximate surface area is 193 Å². The number of hydrogen-bond acceptors (Lipinski definition) is 5. The number of methoxy groups -OCH3 is 1. The van der Waals surface area contributed by atoms with Gasteiger partial charge in [0.2, 0.25) is 5.88 Å². The molecule has 8 heteroatoms. The van der Waals surface area contributed by atoms with Crippen LogP contribution in [0.15, 0.2) is 54.6 Å². The van der Waals surface area contributed by atoms with Crippen molar-refractivity contribution in [3.8, 4) is 11.6 Å². The molecule has 0 spiro atoms. The number of anilines is 1. The van der Waals surface area contributed by atoms with Gasteiger partial charge in [0.05, 0.1) is 43.2 Å². The highest BCUT2D eigenvalue weighted by atomic mass is 16.5. The summed E-state index contributed by atoms with van der Waals surface area (Å²) in [7, 11) is 1.64. The van der Waals surface area contributed by atoms with Gasteiger partial charge in [0.1, 0.15) is 5.82 Å². The van der Waals surface area contributed by atoms with Gasteiger partial charge in [-0.25, -0.2) is 9.48 Å². The van der Waals surface area contributed by atoms with E-state index in [0.29, 0.717) is 31.5 Å². The smallest absolute Gasteiger partial charge is 0.320 e. The van der Waals surface area contributed by atoms with Crippen LogP contribution in [0.1, 0.15) is 29.7 Å². The van der Waals surface area contributed by atoms with Crippen molar-refractivity contribution < 1.29 is 19.0 Å². The van der Waals surface area contributed by atoms with Gasteiger partial charge in [0.25, 0.3) is 0 Å². The van der Waals surface area contributed by atoms with E-state index in [2.05, 4.69) is 21.8 Å². The molecule has 4 rings (SSSR count). The molecule has 0 saturated heterocycles. The fraction of sp³-hybridized carbons (Fsp3) is 0.360. The zero-order chi connectivity index (χ0) is 23.2. The molecule has 1 aliphatic rings. The monoisotopic (exact) mass is 450 g/mol. The zero-order valence-corrected chi connectivity index (χ0v) is 19.2. The highest BCUT2D eigenvalue weighted by Crippen LogP contribution is 2.34. The molecule has 3 aromatic rings.